The zero-order valence-electron chi connectivity index (χ0n) is 11.4. The number of carbonyl (C=O) groups is 1. The molecular formula is C15H22N2O. The van der Waals surface area contributed by atoms with Crippen LogP contribution < -0.4 is 10.6 Å². The second kappa shape index (κ2) is 5.42. The fourth-order valence-electron chi connectivity index (χ4n) is 2.04. The second-order valence-corrected chi connectivity index (χ2v) is 5.48. The summed E-state index contributed by atoms with van der Waals surface area (Å²) in [5.41, 5.74) is 1.81. The molecule has 1 fully saturated rings. The van der Waals surface area contributed by atoms with Crippen molar-refractivity contribution in [1.29, 1.82) is 0 Å². The van der Waals surface area contributed by atoms with E-state index in [-0.39, 0.29) is 11.9 Å². The van der Waals surface area contributed by atoms with Crippen LogP contribution in [0.5, 0.6) is 0 Å². The van der Waals surface area contributed by atoms with Gasteiger partial charge in [-0.25, -0.2) is 0 Å². The summed E-state index contributed by atoms with van der Waals surface area (Å²) in [5, 5.41) is 6.37. The number of hydrogen-bond acceptors (Lipinski definition) is 2. The van der Waals surface area contributed by atoms with Gasteiger partial charge in [0.05, 0.1) is 0 Å². The molecule has 0 aromatic heterocycles. The van der Waals surface area contributed by atoms with E-state index in [1.807, 2.05) is 38.1 Å². The summed E-state index contributed by atoms with van der Waals surface area (Å²) < 4.78 is 0. The van der Waals surface area contributed by atoms with Crippen molar-refractivity contribution in [3.8, 4) is 0 Å². The lowest BCUT2D eigenvalue weighted by Gasteiger charge is -2.14. The van der Waals surface area contributed by atoms with Crippen molar-refractivity contribution in [2.24, 2.45) is 5.92 Å². The molecular weight excluding hydrogens is 224 g/mol. The summed E-state index contributed by atoms with van der Waals surface area (Å²) in [6.07, 6.45) is 2.67. The zero-order chi connectivity index (χ0) is 13.1. The highest BCUT2D eigenvalue weighted by atomic mass is 16.1. The summed E-state index contributed by atoms with van der Waals surface area (Å²) in [5.74, 6) is 0.820. The largest absolute Gasteiger partial charge is 0.382 e. The predicted molar refractivity (Wildman–Crippen MR) is 74.9 cm³/mol. The Morgan fingerprint density at radius 3 is 2.28 bits per heavy atom. The first-order valence-electron chi connectivity index (χ1n) is 6.73. The highest BCUT2D eigenvalue weighted by molar-refractivity contribution is 5.94. The summed E-state index contributed by atoms with van der Waals surface area (Å²) in [4.78, 5) is 11.8. The molecule has 0 aliphatic heterocycles. The van der Waals surface area contributed by atoms with Crippen LogP contribution in [0.3, 0.4) is 0 Å². The summed E-state index contributed by atoms with van der Waals surface area (Å²) in [6.45, 7) is 6.15. The van der Waals surface area contributed by atoms with Crippen LogP contribution in [0.2, 0.25) is 0 Å². The first-order chi connectivity index (χ1) is 8.56. The van der Waals surface area contributed by atoms with Gasteiger partial charge in [-0.15, -0.1) is 0 Å². The minimum atomic E-state index is -0.00760. The van der Waals surface area contributed by atoms with E-state index in [2.05, 4.69) is 17.6 Å². The van der Waals surface area contributed by atoms with Gasteiger partial charge in [-0.1, -0.05) is 0 Å². The fraction of sp³-hybridized carbons (Fsp3) is 0.533. The highest BCUT2D eigenvalue weighted by Crippen LogP contribution is 2.33. The Labute approximate surface area is 109 Å². The summed E-state index contributed by atoms with van der Waals surface area (Å²) in [7, 11) is 0. The van der Waals surface area contributed by atoms with Crippen LogP contribution in [0.15, 0.2) is 24.3 Å². The maximum atomic E-state index is 11.8. The summed E-state index contributed by atoms with van der Waals surface area (Å²) >= 11 is 0. The predicted octanol–water partition coefficient (Wildman–Crippen LogP) is 3.04. The summed E-state index contributed by atoms with van der Waals surface area (Å²) in [6, 6.07) is 8.41. The number of nitrogens with one attached hydrogen (secondary N) is 2. The highest BCUT2D eigenvalue weighted by Gasteiger charge is 2.27. The first-order valence-corrected chi connectivity index (χ1v) is 6.73. The smallest absolute Gasteiger partial charge is 0.251 e. The molecule has 1 aliphatic carbocycles. The average Bonchev–Trinajstić information content (AvgIpc) is 3.12. The van der Waals surface area contributed by atoms with Crippen LogP contribution in [-0.4, -0.2) is 18.0 Å². The number of carbonyl (C=O) groups excluding carboxylic acids is 1. The average molecular weight is 246 g/mol. The molecule has 18 heavy (non-hydrogen) atoms. The molecule has 1 aromatic carbocycles. The fourth-order valence-corrected chi connectivity index (χ4v) is 2.04. The van der Waals surface area contributed by atoms with Crippen molar-refractivity contribution < 1.29 is 4.79 Å². The van der Waals surface area contributed by atoms with E-state index in [1.165, 1.54) is 12.8 Å². The molecule has 0 saturated heterocycles. The SMILES string of the molecule is CC(C)NC(=O)c1ccc(NC(C)C2CC2)cc1. The van der Waals surface area contributed by atoms with E-state index in [9.17, 15) is 4.79 Å². The maximum Gasteiger partial charge on any atom is 0.251 e. The molecule has 1 aliphatic rings. The lowest BCUT2D eigenvalue weighted by Crippen LogP contribution is -2.30. The molecule has 1 amide bonds. The van der Waals surface area contributed by atoms with Gasteiger partial charge in [0.15, 0.2) is 0 Å². The Bertz CT molecular complexity index is 407. The maximum absolute atomic E-state index is 11.8. The van der Waals surface area contributed by atoms with Gasteiger partial charge < -0.3 is 10.6 Å². The lowest BCUT2D eigenvalue weighted by atomic mass is 10.1. The van der Waals surface area contributed by atoms with E-state index < -0.39 is 0 Å². The Hall–Kier alpha value is -1.51. The van der Waals surface area contributed by atoms with E-state index >= 15 is 0 Å². The monoisotopic (exact) mass is 246 g/mol. The Balaban J connectivity index is 1.94. The molecule has 2 N–H and O–H groups in total. The topological polar surface area (TPSA) is 41.1 Å². The van der Waals surface area contributed by atoms with Crippen molar-refractivity contribution in [3.05, 3.63) is 29.8 Å². The van der Waals surface area contributed by atoms with Gasteiger partial charge in [0.25, 0.3) is 5.91 Å². The van der Waals surface area contributed by atoms with Gasteiger partial charge in [0.1, 0.15) is 0 Å². The quantitative estimate of drug-likeness (QED) is 0.838. The van der Waals surface area contributed by atoms with Gasteiger partial charge in [-0.3, -0.25) is 4.79 Å². The van der Waals surface area contributed by atoms with Crippen molar-refractivity contribution in [2.75, 3.05) is 5.32 Å². The van der Waals surface area contributed by atoms with E-state index in [1.54, 1.807) is 0 Å². The van der Waals surface area contributed by atoms with Crippen LogP contribution in [0.25, 0.3) is 0 Å². The Morgan fingerprint density at radius 2 is 1.78 bits per heavy atom. The van der Waals surface area contributed by atoms with Crippen LogP contribution in [-0.2, 0) is 0 Å². The molecule has 0 bridgehead atoms. The number of rotatable bonds is 5. The van der Waals surface area contributed by atoms with E-state index in [0.717, 1.165) is 11.6 Å². The number of benzene rings is 1. The first kappa shape index (κ1) is 12.9. The van der Waals surface area contributed by atoms with Crippen LogP contribution >= 0.6 is 0 Å². The third-order valence-corrected chi connectivity index (χ3v) is 3.29. The van der Waals surface area contributed by atoms with Crippen molar-refractivity contribution in [3.63, 3.8) is 0 Å². The molecule has 1 atom stereocenters. The standard InChI is InChI=1S/C15H22N2O/c1-10(2)16-15(18)13-6-8-14(9-7-13)17-11(3)12-4-5-12/h6-12,17H,4-5H2,1-3H3,(H,16,18). The number of anilines is 1. The second-order valence-electron chi connectivity index (χ2n) is 5.48. The van der Waals surface area contributed by atoms with Crippen LogP contribution in [0.1, 0.15) is 44.0 Å². The molecule has 1 unspecified atom stereocenters. The van der Waals surface area contributed by atoms with Crippen molar-refractivity contribution >= 4 is 11.6 Å². The van der Waals surface area contributed by atoms with Gasteiger partial charge in [0.2, 0.25) is 0 Å². The van der Waals surface area contributed by atoms with E-state index in [0.29, 0.717) is 11.6 Å². The molecule has 1 saturated carbocycles. The molecule has 0 spiro atoms. The van der Waals surface area contributed by atoms with Gasteiger partial charge in [-0.2, -0.15) is 0 Å². The number of amides is 1. The number of hydrogen-bond donors (Lipinski definition) is 2. The van der Waals surface area contributed by atoms with Gasteiger partial charge >= 0.3 is 0 Å². The molecule has 3 nitrogen and oxygen atoms in total. The van der Waals surface area contributed by atoms with E-state index in [4.69, 9.17) is 0 Å². The zero-order valence-corrected chi connectivity index (χ0v) is 11.4. The third-order valence-electron chi connectivity index (χ3n) is 3.29. The van der Waals surface area contributed by atoms with Gasteiger partial charge in [0, 0.05) is 23.3 Å². The van der Waals surface area contributed by atoms with Crippen molar-refractivity contribution in [1.82, 2.24) is 5.32 Å². The Morgan fingerprint density at radius 1 is 1.17 bits per heavy atom. The van der Waals surface area contributed by atoms with Crippen LogP contribution in [0.4, 0.5) is 5.69 Å². The molecule has 2 rings (SSSR count). The van der Waals surface area contributed by atoms with Crippen molar-refractivity contribution in [2.45, 2.75) is 45.7 Å². The Kier molecular flexibility index (Phi) is 3.90. The molecule has 98 valence electrons. The van der Waals surface area contributed by atoms with Crippen LogP contribution in [0, 0.1) is 5.92 Å². The minimum absolute atomic E-state index is 0.00760. The van der Waals surface area contributed by atoms with Gasteiger partial charge in [-0.05, 0) is 63.8 Å². The molecule has 1 aromatic rings. The molecule has 0 heterocycles. The minimum Gasteiger partial charge on any atom is -0.382 e. The normalized spacial score (nSPS) is 16.4. The molecule has 3 heteroatoms. The lowest BCUT2D eigenvalue weighted by molar-refractivity contribution is 0.0943. The third kappa shape index (κ3) is 3.49. The molecule has 0 radical (unpaired) electrons.